The molecule has 0 radical (unpaired) electrons. The maximum Gasteiger partial charge on any atom is 0.416 e. The van der Waals surface area contributed by atoms with Gasteiger partial charge in [-0.3, -0.25) is 14.5 Å². The maximum atomic E-state index is 12.9. The van der Waals surface area contributed by atoms with Gasteiger partial charge >= 0.3 is 6.18 Å². The Labute approximate surface area is 200 Å². The van der Waals surface area contributed by atoms with Gasteiger partial charge in [-0.15, -0.1) is 0 Å². The Morgan fingerprint density at radius 3 is 2.46 bits per heavy atom. The quantitative estimate of drug-likeness (QED) is 0.484. The van der Waals surface area contributed by atoms with Crippen LogP contribution in [0.3, 0.4) is 0 Å². The number of halogens is 3. The second kappa shape index (κ2) is 10.2. The summed E-state index contributed by atoms with van der Waals surface area (Å²) in [5, 5.41) is 2.82. The van der Waals surface area contributed by atoms with Crippen molar-refractivity contribution in [1.29, 1.82) is 0 Å². The Bertz CT molecular complexity index is 1230. The average molecular weight is 483 g/mol. The molecule has 1 aliphatic rings. The van der Waals surface area contributed by atoms with Crippen LogP contribution in [0.2, 0.25) is 0 Å². The molecule has 3 N–H and O–H groups in total. The first-order valence-electron chi connectivity index (χ1n) is 11.1. The minimum Gasteiger partial charge on any atom is -0.457 e. The molecule has 1 atom stereocenters. The predicted octanol–water partition coefficient (Wildman–Crippen LogP) is 5.20. The Hall–Kier alpha value is -3.85. The highest BCUT2D eigenvalue weighted by Gasteiger charge is 2.31. The zero-order valence-corrected chi connectivity index (χ0v) is 18.7. The van der Waals surface area contributed by atoms with E-state index in [2.05, 4.69) is 5.32 Å². The fourth-order valence-electron chi connectivity index (χ4n) is 4.10. The number of hydrogen-bond donors (Lipinski definition) is 2. The molecule has 35 heavy (non-hydrogen) atoms. The number of nitrogens with two attached hydrogens (primary N) is 1. The second-order valence-electron chi connectivity index (χ2n) is 8.34. The first kappa shape index (κ1) is 24.3. The summed E-state index contributed by atoms with van der Waals surface area (Å²) in [6.07, 6.45) is -2.83. The van der Waals surface area contributed by atoms with Crippen LogP contribution in [0.15, 0.2) is 72.8 Å². The molecule has 182 valence electrons. The van der Waals surface area contributed by atoms with Gasteiger partial charge in [0.05, 0.1) is 11.6 Å². The third kappa shape index (κ3) is 6.19. The van der Waals surface area contributed by atoms with Gasteiger partial charge in [0.2, 0.25) is 5.91 Å². The molecule has 0 bridgehead atoms. The van der Waals surface area contributed by atoms with Gasteiger partial charge in [-0.25, -0.2) is 0 Å². The lowest BCUT2D eigenvalue weighted by atomic mass is 10.1. The number of rotatable bonds is 7. The SMILES string of the molecule is NC(=O)C1CCCN1Cc1cccc(NC(=O)c2cccc(Oc3cccc(C(F)(F)F)c3)c2)c1. The van der Waals surface area contributed by atoms with Crippen molar-refractivity contribution in [3.63, 3.8) is 0 Å². The van der Waals surface area contributed by atoms with Crippen LogP contribution < -0.4 is 15.8 Å². The summed E-state index contributed by atoms with van der Waals surface area (Å²) in [4.78, 5) is 26.5. The van der Waals surface area contributed by atoms with Crippen LogP contribution in [0.5, 0.6) is 11.5 Å². The van der Waals surface area contributed by atoms with Crippen molar-refractivity contribution in [3.8, 4) is 11.5 Å². The van der Waals surface area contributed by atoms with Crippen LogP contribution in [0.4, 0.5) is 18.9 Å². The fourth-order valence-corrected chi connectivity index (χ4v) is 4.10. The van der Waals surface area contributed by atoms with E-state index in [1.807, 2.05) is 23.1 Å². The molecule has 2 amide bonds. The van der Waals surface area contributed by atoms with Crippen molar-refractivity contribution in [2.24, 2.45) is 5.73 Å². The zero-order chi connectivity index (χ0) is 25.0. The Kier molecular flexibility index (Phi) is 7.07. The molecule has 0 saturated carbocycles. The van der Waals surface area contributed by atoms with Gasteiger partial charge in [0, 0.05) is 17.8 Å². The van der Waals surface area contributed by atoms with Gasteiger partial charge in [-0.1, -0.05) is 24.3 Å². The first-order chi connectivity index (χ1) is 16.7. The van der Waals surface area contributed by atoms with Gasteiger partial charge in [0.15, 0.2) is 0 Å². The lowest BCUT2D eigenvalue weighted by Gasteiger charge is -2.22. The van der Waals surface area contributed by atoms with E-state index in [1.165, 1.54) is 18.2 Å². The summed E-state index contributed by atoms with van der Waals surface area (Å²) in [6.45, 7) is 1.32. The smallest absolute Gasteiger partial charge is 0.416 e. The van der Waals surface area contributed by atoms with E-state index < -0.39 is 17.6 Å². The van der Waals surface area contributed by atoms with Gasteiger partial charge in [-0.2, -0.15) is 13.2 Å². The normalized spacial score (nSPS) is 16.1. The van der Waals surface area contributed by atoms with Crippen molar-refractivity contribution in [2.45, 2.75) is 31.6 Å². The molecule has 3 aromatic carbocycles. The number of anilines is 1. The molecule has 0 spiro atoms. The van der Waals surface area contributed by atoms with Gasteiger partial charge in [-0.05, 0) is 73.5 Å². The van der Waals surface area contributed by atoms with Crippen LogP contribution >= 0.6 is 0 Å². The average Bonchev–Trinajstić information content (AvgIpc) is 3.27. The van der Waals surface area contributed by atoms with Crippen LogP contribution in [0.1, 0.15) is 34.3 Å². The number of nitrogens with one attached hydrogen (secondary N) is 1. The van der Waals surface area contributed by atoms with E-state index in [-0.39, 0.29) is 29.0 Å². The van der Waals surface area contributed by atoms with Crippen molar-refractivity contribution < 1.29 is 27.5 Å². The molecule has 0 aliphatic carbocycles. The number of alkyl halides is 3. The van der Waals surface area contributed by atoms with Gasteiger partial charge in [0.25, 0.3) is 5.91 Å². The molecule has 1 unspecified atom stereocenters. The number of ether oxygens (including phenoxy) is 1. The number of carbonyl (C=O) groups is 2. The van der Waals surface area contributed by atoms with E-state index in [0.717, 1.165) is 37.1 Å². The summed E-state index contributed by atoms with van der Waals surface area (Å²) >= 11 is 0. The predicted molar refractivity (Wildman–Crippen MR) is 125 cm³/mol. The highest BCUT2D eigenvalue weighted by Crippen LogP contribution is 2.33. The van der Waals surface area contributed by atoms with Crippen molar-refractivity contribution >= 4 is 17.5 Å². The maximum absolute atomic E-state index is 12.9. The van der Waals surface area contributed by atoms with Crippen LogP contribution in [-0.2, 0) is 17.5 Å². The topological polar surface area (TPSA) is 84.7 Å². The summed E-state index contributed by atoms with van der Waals surface area (Å²) < 4.78 is 44.4. The lowest BCUT2D eigenvalue weighted by Crippen LogP contribution is -2.39. The molecule has 9 heteroatoms. The minimum absolute atomic E-state index is 0.0151. The number of amides is 2. The summed E-state index contributed by atoms with van der Waals surface area (Å²) in [6, 6.07) is 17.7. The van der Waals surface area contributed by atoms with Crippen molar-refractivity contribution in [2.75, 3.05) is 11.9 Å². The lowest BCUT2D eigenvalue weighted by molar-refractivity contribution is -0.137. The number of likely N-dealkylation sites (tertiary alicyclic amines) is 1. The van der Waals surface area contributed by atoms with Crippen LogP contribution in [-0.4, -0.2) is 29.3 Å². The van der Waals surface area contributed by atoms with Gasteiger partial charge < -0.3 is 15.8 Å². The summed E-state index contributed by atoms with van der Waals surface area (Å²) in [7, 11) is 0. The Balaban J connectivity index is 1.43. The van der Waals surface area contributed by atoms with E-state index in [0.29, 0.717) is 12.2 Å². The molecule has 1 aliphatic heterocycles. The molecule has 1 fully saturated rings. The first-order valence-corrected chi connectivity index (χ1v) is 11.1. The number of primary amides is 1. The molecular weight excluding hydrogens is 459 g/mol. The second-order valence-corrected chi connectivity index (χ2v) is 8.34. The van der Waals surface area contributed by atoms with E-state index in [4.69, 9.17) is 10.5 Å². The Morgan fingerprint density at radius 2 is 1.71 bits per heavy atom. The number of benzene rings is 3. The number of nitrogens with zero attached hydrogens (tertiary/aromatic N) is 1. The molecular formula is C26H24F3N3O3. The summed E-state index contributed by atoms with van der Waals surface area (Å²) in [5.41, 5.74) is 6.46. The standard InChI is InChI=1S/C26H24F3N3O3/c27-26(28,29)19-7-3-10-22(15-19)35-21-9-2-6-18(14-21)25(34)31-20-8-1-5-17(13-20)16-32-12-4-11-23(32)24(30)33/h1-3,5-10,13-15,23H,4,11-12,16H2,(H2,30,33)(H,31,34). The largest absolute Gasteiger partial charge is 0.457 e. The fraction of sp³-hybridized carbons (Fsp3) is 0.231. The summed E-state index contributed by atoms with van der Waals surface area (Å²) in [5.74, 6) is -0.481. The zero-order valence-electron chi connectivity index (χ0n) is 18.7. The van der Waals surface area contributed by atoms with Crippen LogP contribution in [0, 0.1) is 0 Å². The van der Waals surface area contributed by atoms with Gasteiger partial charge in [0.1, 0.15) is 11.5 Å². The highest BCUT2D eigenvalue weighted by atomic mass is 19.4. The molecule has 0 aromatic heterocycles. The van der Waals surface area contributed by atoms with Crippen molar-refractivity contribution in [1.82, 2.24) is 4.90 Å². The van der Waals surface area contributed by atoms with Crippen LogP contribution in [0.25, 0.3) is 0 Å². The molecule has 1 heterocycles. The Morgan fingerprint density at radius 1 is 1.00 bits per heavy atom. The number of carbonyl (C=O) groups excluding carboxylic acids is 2. The van der Waals surface area contributed by atoms with Crippen molar-refractivity contribution in [3.05, 3.63) is 89.5 Å². The molecule has 3 aromatic rings. The minimum atomic E-state index is -4.48. The molecule has 6 nitrogen and oxygen atoms in total. The van der Waals surface area contributed by atoms with E-state index in [1.54, 1.807) is 24.3 Å². The number of hydrogen-bond acceptors (Lipinski definition) is 4. The third-order valence-electron chi connectivity index (χ3n) is 5.76. The molecule has 4 rings (SSSR count). The third-order valence-corrected chi connectivity index (χ3v) is 5.76. The van der Waals surface area contributed by atoms with E-state index >= 15 is 0 Å². The molecule has 1 saturated heterocycles. The highest BCUT2D eigenvalue weighted by molar-refractivity contribution is 6.04. The van der Waals surface area contributed by atoms with E-state index in [9.17, 15) is 22.8 Å². The monoisotopic (exact) mass is 483 g/mol.